The third-order valence-electron chi connectivity index (χ3n) is 4.19. The van der Waals surface area contributed by atoms with Crippen LogP contribution in [0.25, 0.3) is 0 Å². The van der Waals surface area contributed by atoms with Crippen molar-refractivity contribution in [1.82, 2.24) is 5.32 Å². The molecule has 1 aliphatic carbocycles. The maximum Gasteiger partial charge on any atom is 0.319 e. The number of aliphatic hydroxyl groups excluding tert-OH is 1. The van der Waals surface area contributed by atoms with Gasteiger partial charge in [-0.15, -0.1) is 0 Å². The third-order valence-corrected chi connectivity index (χ3v) is 4.19. The summed E-state index contributed by atoms with van der Waals surface area (Å²) >= 11 is 0. The van der Waals surface area contributed by atoms with Crippen LogP contribution in [0.15, 0.2) is 24.3 Å². The van der Waals surface area contributed by atoms with E-state index in [-0.39, 0.29) is 18.1 Å². The summed E-state index contributed by atoms with van der Waals surface area (Å²) in [6.45, 7) is 8.22. The number of hydrogen-bond donors (Lipinski definition) is 3. The van der Waals surface area contributed by atoms with Crippen molar-refractivity contribution in [3.63, 3.8) is 0 Å². The van der Waals surface area contributed by atoms with E-state index in [1.165, 1.54) is 0 Å². The zero-order chi connectivity index (χ0) is 15.7. The van der Waals surface area contributed by atoms with Crippen molar-refractivity contribution in [2.24, 2.45) is 5.92 Å². The van der Waals surface area contributed by atoms with Crippen molar-refractivity contribution >= 4 is 11.7 Å². The van der Waals surface area contributed by atoms with Crippen molar-refractivity contribution < 1.29 is 9.90 Å². The van der Waals surface area contributed by atoms with Crippen LogP contribution in [0, 0.1) is 5.92 Å². The van der Waals surface area contributed by atoms with Crippen LogP contribution in [0.5, 0.6) is 0 Å². The fourth-order valence-electron chi connectivity index (χ4n) is 2.65. The first-order valence-corrected chi connectivity index (χ1v) is 7.56. The number of nitrogens with one attached hydrogen (secondary N) is 2. The lowest BCUT2D eigenvalue weighted by atomic mass is 9.86. The monoisotopic (exact) mass is 290 g/mol. The van der Waals surface area contributed by atoms with Crippen LogP contribution in [-0.2, 0) is 5.41 Å². The Morgan fingerprint density at radius 3 is 2.38 bits per heavy atom. The second-order valence-corrected chi connectivity index (χ2v) is 7.22. The molecular formula is C17H26N2O2. The second-order valence-electron chi connectivity index (χ2n) is 7.22. The second kappa shape index (κ2) is 5.68. The van der Waals surface area contributed by atoms with Crippen LogP contribution < -0.4 is 10.6 Å². The molecule has 0 saturated heterocycles. The van der Waals surface area contributed by atoms with Crippen LogP contribution in [0.4, 0.5) is 10.5 Å². The Morgan fingerprint density at radius 1 is 1.24 bits per heavy atom. The van der Waals surface area contributed by atoms with Crippen molar-refractivity contribution in [2.75, 3.05) is 11.9 Å². The van der Waals surface area contributed by atoms with Gasteiger partial charge in [-0.25, -0.2) is 4.79 Å². The molecule has 21 heavy (non-hydrogen) atoms. The molecule has 1 aromatic rings. The minimum atomic E-state index is -0.527. The average molecular weight is 290 g/mol. The largest absolute Gasteiger partial charge is 0.394 e. The van der Waals surface area contributed by atoms with Crippen LogP contribution >= 0.6 is 0 Å². The minimum Gasteiger partial charge on any atom is -0.394 e. The molecule has 1 aliphatic rings. The smallest absolute Gasteiger partial charge is 0.319 e. The minimum absolute atomic E-state index is 0.0357. The van der Waals surface area contributed by atoms with E-state index in [1.807, 2.05) is 31.2 Å². The lowest BCUT2D eigenvalue weighted by Gasteiger charge is -2.29. The number of carbonyl (C=O) groups excluding carboxylic acids is 1. The van der Waals surface area contributed by atoms with Gasteiger partial charge in [0.25, 0.3) is 0 Å². The quantitative estimate of drug-likeness (QED) is 0.797. The van der Waals surface area contributed by atoms with E-state index in [2.05, 4.69) is 31.4 Å². The topological polar surface area (TPSA) is 61.4 Å². The van der Waals surface area contributed by atoms with Crippen molar-refractivity contribution in [1.29, 1.82) is 0 Å². The highest BCUT2D eigenvalue weighted by atomic mass is 16.3. The predicted molar refractivity (Wildman–Crippen MR) is 85.5 cm³/mol. The van der Waals surface area contributed by atoms with E-state index < -0.39 is 5.54 Å². The molecule has 4 nitrogen and oxygen atoms in total. The van der Waals surface area contributed by atoms with Gasteiger partial charge in [0.1, 0.15) is 0 Å². The van der Waals surface area contributed by atoms with Gasteiger partial charge in [0.15, 0.2) is 0 Å². The first-order valence-electron chi connectivity index (χ1n) is 7.56. The molecule has 0 aliphatic heterocycles. The molecule has 116 valence electrons. The standard InChI is InChI=1S/C17H26N2O2/c1-16(2,3)13-7-5-6-8-14(13)18-15(21)19-17(4,11-20)12-9-10-12/h5-8,12,20H,9-11H2,1-4H3,(H2,18,19,21). The number of rotatable bonds is 4. The molecule has 0 spiro atoms. The molecule has 2 amide bonds. The Balaban J connectivity index is 2.10. The molecule has 0 aromatic heterocycles. The molecule has 3 N–H and O–H groups in total. The Morgan fingerprint density at radius 2 is 1.86 bits per heavy atom. The summed E-state index contributed by atoms with van der Waals surface area (Å²) in [4.78, 5) is 12.3. The molecule has 4 heteroatoms. The highest BCUT2D eigenvalue weighted by Crippen LogP contribution is 2.39. The van der Waals surface area contributed by atoms with Crippen LogP contribution in [0.3, 0.4) is 0 Å². The number of anilines is 1. The predicted octanol–water partition coefficient (Wildman–Crippen LogP) is 3.27. The van der Waals surface area contributed by atoms with Crippen LogP contribution in [-0.4, -0.2) is 23.3 Å². The summed E-state index contributed by atoms with van der Waals surface area (Å²) in [5.41, 5.74) is 1.34. The summed E-state index contributed by atoms with van der Waals surface area (Å²) in [5.74, 6) is 0.381. The zero-order valence-electron chi connectivity index (χ0n) is 13.4. The Kier molecular flexibility index (Phi) is 4.28. The van der Waals surface area contributed by atoms with Gasteiger partial charge in [0.05, 0.1) is 12.1 Å². The highest BCUT2D eigenvalue weighted by molar-refractivity contribution is 5.90. The fourth-order valence-corrected chi connectivity index (χ4v) is 2.65. The van der Waals surface area contributed by atoms with E-state index in [4.69, 9.17) is 0 Å². The maximum atomic E-state index is 12.3. The average Bonchev–Trinajstić information content (AvgIpc) is 3.22. The molecule has 0 heterocycles. The summed E-state index contributed by atoms with van der Waals surface area (Å²) in [7, 11) is 0. The van der Waals surface area contributed by atoms with Crippen molar-refractivity contribution in [2.45, 2.75) is 51.5 Å². The number of benzene rings is 1. The lowest BCUT2D eigenvalue weighted by molar-refractivity contribution is 0.159. The Labute approximate surface area is 126 Å². The first kappa shape index (κ1) is 15.8. The number of amides is 2. The van der Waals surface area contributed by atoms with Gasteiger partial charge in [0.2, 0.25) is 0 Å². The maximum absolute atomic E-state index is 12.3. The lowest BCUT2D eigenvalue weighted by Crippen LogP contribution is -2.52. The van der Waals surface area contributed by atoms with E-state index in [1.54, 1.807) is 0 Å². The normalized spacial score (nSPS) is 18.0. The van der Waals surface area contributed by atoms with Gasteiger partial charge in [-0.3, -0.25) is 0 Å². The van der Waals surface area contributed by atoms with Crippen LogP contribution in [0.1, 0.15) is 46.1 Å². The van der Waals surface area contributed by atoms with Gasteiger partial charge >= 0.3 is 6.03 Å². The third kappa shape index (κ3) is 3.76. The van der Waals surface area contributed by atoms with Gasteiger partial charge in [-0.1, -0.05) is 39.0 Å². The number of para-hydroxylation sites is 1. The molecule has 1 fully saturated rings. The Hall–Kier alpha value is -1.55. The summed E-state index contributed by atoms with van der Waals surface area (Å²) < 4.78 is 0. The number of urea groups is 1. The van der Waals surface area contributed by atoms with E-state index in [0.717, 1.165) is 24.1 Å². The summed E-state index contributed by atoms with van der Waals surface area (Å²) in [6.07, 6.45) is 2.13. The molecule has 1 saturated carbocycles. The SMILES string of the molecule is CC(C)(C)c1ccccc1NC(=O)NC(C)(CO)C1CC1. The van der Waals surface area contributed by atoms with Gasteiger partial charge in [0, 0.05) is 5.69 Å². The molecule has 0 bridgehead atoms. The first-order chi connectivity index (χ1) is 9.76. The summed E-state index contributed by atoms with van der Waals surface area (Å²) in [5, 5.41) is 15.4. The zero-order valence-corrected chi connectivity index (χ0v) is 13.4. The molecule has 1 unspecified atom stereocenters. The summed E-state index contributed by atoms with van der Waals surface area (Å²) in [6, 6.07) is 7.58. The van der Waals surface area contributed by atoms with Crippen molar-refractivity contribution in [3.8, 4) is 0 Å². The van der Waals surface area contributed by atoms with E-state index >= 15 is 0 Å². The molecule has 2 rings (SSSR count). The highest BCUT2D eigenvalue weighted by Gasteiger charge is 2.42. The molecular weight excluding hydrogens is 264 g/mol. The van der Waals surface area contributed by atoms with E-state index in [0.29, 0.717) is 5.92 Å². The molecule has 0 radical (unpaired) electrons. The van der Waals surface area contributed by atoms with Gasteiger partial charge < -0.3 is 15.7 Å². The Bertz CT molecular complexity index is 518. The molecule has 1 atom stereocenters. The van der Waals surface area contributed by atoms with Crippen LogP contribution in [0.2, 0.25) is 0 Å². The number of carbonyl (C=O) groups is 1. The number of hydrogen-bond acceptors (Lipinski definition) is 2. The van der Waals surface area contributed by atoms with Gasteiger partial charge in [-0.2, -0.15) is 0 Å². The number of aliphatic hydroxyl groups is 1. The van der Waals surface area contributed by atoms with Gasteiger partial charge in [-0.05, 0) is 42.7 Å². The fraction of sp³-hybridized carbons (Fsp3) is 0.588. The van der Waals surface area contributed by atoms with Crippen molar-refractivity contribution in [3.05, 3.63) is 29.8 Å². The van der Waals surface area contributed by atoms with E-state index in [9.17, 15) is 9.90 Å². The molecule has 1 aromatic carbocycles.